The van der Waals surface area contributed by atoms with Crippen molar-refractivity contribution in [2.75, 3.05) is 26.2 Å². The molecular weight excluding hydrogens is 382 g/mol. The van der Waals surface area contributed by atoms with Crippen LogP contribution in [0.2, 0.25) is 0 Å². The Labute approximate surface area is 173 Å². The molecule has 1 aliphatic carbocycles. The van der Waals surface area contributed by atoms with Crippen molar-refractivity contribution in [3.8, 4) is 11.5 Å². The van der Waals surface area contributed by atoms with Gasteiger partial charge in [-0.05, 0) is 61.7 Å². The Bertz CT molecular complexity index is 1120. The molecule has 0 atom stereocenters. The molecule has 2 aromatic carbocycles. The first-order valence-corrected chi connectivity index (χ1v) is 10.2. The summed E-state index contributed by atoms with van der Waals surface area (Å²) in [7, 11) is 0. The van der Waals surface area contributed by atoms with Crippen LogP contribution in [0.15, 0.2) is 46.9 Å². The summed E-state index contributed by atoms with van der Waals surface area (Å²) in [5, 5.41) is 10.00. The van der Waals surface area contributed by atoms with Gasteiger partial charge in [0.05, 0.1) is 0 Å². The zero-order valence-corrected chi connectivity index (χ0v) is 16.8. The van der Waals surface area contributed by atoms with Gasteiger partial charge in [-0.3, -0.25) is 9.59 Å². The summed E-state index contributed by atoms with van der Waals surface area (Å²) in [5.74, 6) is 0.263. The van der Waals surface area contributed by atoms with Gasteiger partial charge < -0.3 is 19.3 Å². The van der Waals surface area contributed by atoms with Gasteiger partial charge in [-0.25, -0.2) is 4.98 Å². The third kappa shape index (κ3) is 3.35. The number of nitrogens with zero attached hydrogens (tertiary/aromatic N) is 3. The summed E-state index contributed by atoms with van der Waals surface area (Å²) in [6.45, 7) is 3.84. The van der Waals surface area contributed by atoms with Gasteiger partial charge in [0, 0.05) is 37.3 Å². The van der Waals surface area contributed by atoms with Gasteiger partial charge in [-0.2, -0.15) is 0 Å². The van der Waals surface area contributed by atoms with Crippen LogP contribution in [0.3, 0.4) is 0 Å². The van der Waals surface area contributed by atoms with E-state index in [2.05, 4.69) is 4.98 Å². The predicted molar refractivity (Wildman–Crippen MR) is 111 cm³/mol. The van der Waals surface area contributed by atoms with Crippen LogP contribution >= 0.6 is 0 Å². The Morgan fingerprint density at radius 1 is 1.00 bits per heavy atom. The summed E-state index contributed by atoms with van der Waals surface area (Å²) in [6, 6.07) is 13.1. The fourth-order valence-electron chi connectivity index (χ4n) is 3.83. The Balaban J connectivity index is 1.26. The quantitative estimate of drug-likeness (QED) is 0.724. The molecule has 2 heterocycles. The number of aromatic nitrogens is 1. The van der Waals surface area contributed by atoms with Crippen LogP contribution in [0, 0.1) is 6.92 Å². The van der Waals surface area contributed by atoms with Gasteiger partial charge in [-0.15, -0.1) is 0 Å². The molecule has 3 aromatic rings. The molecule has 1 saturated heterocycles. The second-order valence-electron chi connectivity index (χ2n) is 8.18. The van der Waals surface area contributed by atoms with E-state index in [1.54, 1.807) is 21.9 Å². The van der Waals surface area contributed by atoms with Crippen molar-refractivity contribution in [1.82, 2.24) is 14.8 Å². The van der Waals surface area contributed by atoms with E-state index in [4.69, 9.17) is 4.42 Å². The molecule has 5 rings (SSSR count). The molecule has 2 aliphatic rings. The molecule has 1 aromatic heterocycles. The van der Waals surface area contributed by atoms with Crippen LogP contribution in [0.1, 0.15) is 28.8 Å². The largest absolute Gasteiger partial charge is 0.436 e. The SMILES string of the molecule is Cc1ccc2nc(-c3ccc(C(=O)N4CCN(C(=O)C5(O)CC5)CC4)cc3)oc2c1. The van der Waals surface area contributed by atoms with E-state index < -0.39 is 5.60 Å². The van der Waals surface area contributed by atoms with Gasteiger partial charge in [0.1, 0.15) is 11.1 Å². The van der Waals surface area contributed by atoms with E-state index in [1.807, 2.05) is 37.3 Å². The third-order valence-electron chi connectivity index (χ3n) is 5.90. The second kappa shape index (κ2) is 6.95. The number of fused-ring (bicyclic) bond motifs is 1. The van der Waals surface area contributed by atoms with Gasteiger partial charge in [0.2, 0.25) is 5.89 Å². The minimum atomic E-state index is -1.15. The lowest BCUT2D eigenvalue weighted by Crippen LogP contribution is -2.53. The van der Waals surface area contributed by atoms with Crippen molar-refractivity contribution in [2.24, 2.45) is 0 Å². The lowest BCUT2D eigenvalue weighted by atomic mass is 10.1. The third-order valence-corrected chi connectivity index (χ3v) is 5.90. The zero-order chi connectivity index (χ0) is 20.9. The van der Waals surface area contributed by atoms with Crippen molar-refractivity contribution >= 4 is 22.9 Å². The van der Waals surface area contributed by atoms with E-state index in [0.29, 0.717) is 50.5 Å². The highest BCUT2D eigenvalue weighted by atomic mass is 16.3. The highest BCUT2D eigenvalue weighted by Crippen LogP contribution is 2.37. The summed E-state index contributed by atoms with van der Waals surface area (Å²) in [5.41, 5.74) is 2.91. The van der Waals surface area contributed by atoms with Crippen LogP contribution in [-0.4, -0.2) is 63.5 Å². The first-order chi connectivity index (χ1) is 14.4. The number of benzene rings is 2. The molecule has 0 bridgehead atoms. The molecule has 7 heteroatoms. The number of aliphatic hydroxyl groups is 1. The number of hydrogen-bond acceptors (Lipinski definition) is 5. The number of oxazole rings is 1. The maximum Gasteiger partial charge on any atom is 0.254 e. The molecular formula is C23H23N3O4. The van der Waals surface area contributed by atoms with Crippen LogP contribution in [0.25, 0.3) is 22.6 Å². The summed E-state index contributed by atoms with van der Waals surface area (Å²) in [6.07, 6.45) is 1.08. The fourth-order valence-corrected chi connectivity index (χ4v) is 3.83. The van der Waals surface area contributed by atoms with E-state index in [0.717, 1.165) is 22.2 Å². The lowest BCUT2D eigenvalue weighted by molar-refractivity contribution is -0.143. The van der Waals surface area contributed by atoms with Gasteiger partial charge in [-0.1, -0.05) is 6.07 Å². The number of carbonyl (C=O) groups excluding carboxylic acids is 2. The molecule has 2 amide bonds. The van der Waals surface area contributed by atoms with Crippen LogP contribution < -0.4 is 0 Å². The lowest BCUT2D eigenvalue weighted by Gasteiger charge is -2.35. The Morgan fingerprint density at radius 2 is 1.67 bits per heavy atom. The topological polar surface area (TPSA) is 86.9 Å². The van der Waals surface area contributed by atoms with Crippen molar-refractivity contribution in [3.05, 3.63) is 53.6 Å². The zero-order valence-electron chi connectivity index (χ0n) is 16.8. The first-order valence-electron chi connectivity index (χ1n) is 10.2. The van der Waals surface area contributed by atoms with Crippen LogP contribution in [-0.2, 0) is 4.79 Å². The average Bonchev–Trinajstić information content (AvgIpc) is 3.38. The summed E-state index contributed by atoms with van der Waals surface area (Å²) in [4.78, 5) is 33.0. The Kier molecular flexibility index (Phi) is 4.36. The highest BCUT2D eigenvalue weighted by Gasteiger charge is 2.50. The smallest absolute Gasteiger partial charge is 0.254 e. The van der Waals surface area contributed by atoms with Gasteiger partial charge in [0.15, 0.2) is 5.58 Å². The molecule has 0 spiro atoms. The molecule has 7 nitrogen and oxygen atoms in total. The molecule has 0 radical (unpaired) electrons. The average molecular weight is 405 g/mol. The molecule has 1 aliphatic heterocycles. The van der Waals surface area contributed by atoms with E-state index in [1.165, 1.54) is 0 Å². The van der Waals surface area contributed by atoms with Crippen molar-refractivity contribution < 1.29 is 19.1 Å². The molecule has 1 saturated carbocycles. The fraction of sp³-hybridized carbons (Fsp3) is 0.348. The predicted octanol–water partition coefficient (Wildman–Crippen LogP) is 2.61. The van der Waals surface area contributed by atoms with Gasteiger partial charge in [0.25, 0.3) is 11.8 Å². The minimum Gasteiger partial charge on any atom is -0.436 e. The number of amides is 2. The molecule has 30 heavy (non-hydrogen) atoms. The molecule has 154 valence electrons. The number of aryl methyl sites for hydroxylation is 1. The number of carbonyl (C=O) groups is 2. The van der Waals surface area contributed by atoms with Crippen LogP contribution in [0.4, 0.5) is 0 Å². The number of piperazine rings is 1. The maximum atomic E-state index is 12.8. The van der Waals surface area contributed by atoms with Crippen molar-refractivity contribution in [1.29, 1.82) is 0 Å². The standard InChI is InChI=1S/C23H23N3O4/c1-15-2-7-18-19(14-15)30-20(24-18)16-3-5-17(6-4-16)21(27)25-10-12-26(13-11-25)22(28)23(29)8-9-23/h2-7,14,29H,8-13H2,1H3. The van der Waals surface area contributed by atoms with E-state index >= 15 is 0 Å². The monoisotopic (exact) mass is 405 g/mol. The van der Waals surface area contributed by atoms with Gasteiger partial charge >= 0.3 is 0 Å². The molecule has 0 unspecified atom stereocenters. The number of rotatable bonds is 3. The van der Waals surface area contributed by atoms with Crippen molar-refractivity contribution in [3.63, 3.8) is 0 Å². The summed E-state index contributed by atoms with van der Waals surface area (Å²) < 4.78 is 5.85. The molecule has 2 fully saturated rings. The highest BCUT2D eigenvalue weighted by molar-refractivity contribution is 5.95. The van der Waals surface area contributed by atoms with Crippen molar-refractivity contribution in [2.45, 2.75) is 25.4 Å². The Hall–Kier alpha value is -3.19. The van der Waals surface area contributed by atoms with E-state index in [9.17, 15) is 14.7 Å². The first kappa shape index (κ1) is 18.8. The van der Waals surface area contributed by atoms with E-state index in [-0.39, 0.29) is 11.8 Å². The second-order valence-corrected chi connectivity index (χ2v) is 8.18. The maximum absolute atomic E-state index is 12.8. The normalized spacial score (nSPS) is 17.9. The molecule has 1 N–H and O–H groups in total. The number of hydrogen-bond donors (Lipinski definition) is 1. The minimum absolute atomic E-state index is 0.0630. The Morgan fingerprint density at radius 3 is 2.33 bits per heavy atom. The summed E-state index contributed by atoms with van der Waals surface area (Å²) >= 11 is 0. The van der Waals surface area contributed by atoms with Crippen LogP contribution in [0.5, 0.6) is 0 Å².